The fourth-order valence-electron chi connectivity index (χ4n) is 9.53. The van der Waals surface area contributed by atoms with E-state index in [9.17, 15) is 10.0 Å². The first-order valence-corrected chi connectivity index (χ1v) is 26.8. The molecule has 0 aliphatic carbocycles. The molecule has 0 aromatic heterocycles. The van der Waals surface area contributed by atoms with E-state index in [1.54, 1.807) is 0 Å². The minimum Gasteiger partial charge on any atom is -0.423 e. The van der Waals surface area contributed by atoms with E-state index in [1.165, 1.54) is 77.9 Å². The summed E-state index contributed by atoms with van der Waals surface area (Å²) in [5.41, 5.74) is 18.0. The molecule has 380 valence electrons. The molecule has 0 aliphatic rings. The van der Waals surface area contributed by atoms with Crippen LogP contribution in [-0.2, 0) is 83.9 Å². The Morgan fingerprint density at radius 2 is 0.527 bits per heavy atom. The molecule has 0 fully saturated rings. The Morgan fingerprint density at radius 1 is 0.257 bits per heavy atom. The monoisotopic (exact) mass is 985 g/mol. The van der Waals surface area contributed by atoms with Gasteiger partial charge in [-0.2, -0.15) is 0 Å². The maximum atomic E-state index is 9.70. The number of aryl methyl sites for hydroxylation is 6. The van der Waals surface area contributed by atoms with E-state index in [1.807, 2.05) is 48.5 Å². The van der Waals surface area contributed by atoms with Crippen LogP contribution >= 0.6 is 0 Å². The zero-order valence-electron chi connectivity index (χ0n) is 43.1. The van der Waals surface area contributed by atoms with Gasteiger partial charge < -0.3 is 29.0 Å². The molecule has 6 nitrogen and oxygen atoms in total. The van der Waals surface area contributed by atoms with Crippen molar-refractivity contribution in [1.29, 1.82) is 0 Å². The van der Waals surface area contributed by atoms with Crippen LogP contribution in [0.5, 0.6) is 0 Å². The Kier molecular flexibility index (Phi) is 21.9. The second-order valence-electron chi connectivity index (χ2n) is 19.5. The van der Waals surface area contributed by atoms with Crippen molar-refractivity contribution in [3.8, 4) is 22.3 Å². The van der Waals surface area contributed by atoms with Gasteiger partial charge in [-0.1, -0.05) is 194 Å². The minimum atomic E-state index is -1.47. The maximum absolute atomic E-state index is 9.70. The van der Waals surface area contributed by atoms with Gasteiger partial charge in [-0.05, 0) is 160 Å². The van der Waals surface area contributed by atoms with Crippen LogP contribution in [0.3, 0.4) is 0 Å². The van der Waals surface area contributed by atoms with Crippen molar-refractivity contribution >= 4 is 12.6 Å². The number of ether oxygens (including phenoxy) is 4. The van der Waals surface area contributed by atoms with Gasteiger partial charge in [0.25, 0.3) is 0 Å². The SMILES string of the molecule is OB(O)c1ccc(CCCc2cc(-c3cc(CCCOCc4ccccc4)cc(CCCOCc4ccccc4)c3)cc(-c3cc(CCCOCc4ccccc4)cc(CCCOCc4ccccc4)c3)c2)cc1. The molecule has 0 saturated carbocycles. The number of rotatable bonds is 31. The Bertz CT molecular complexity index is 2540. The number of benzene rings is 8. The van der Waals surface area contributed by atoms with E-state index in [4.69, 9.17) is 18.9 Å². The van der Waals surface area contributed by atoms with Crippen LogP contribution in [-0.4, -0.2) is 43.6 Å². The van der Waals surface area contributed by atoms with Crippen molar-refractivity contribution in [2.75, 3.05) is 26.4 Å². The fraction of sp³-hybridized carbons (Fsp3) is 0.284. The molecule has 0 spiro atoms. The minimum absolute atomic E-state index is 0.508. The summed E-state index contributed by atoms with van der Waals surface area (Å²) in [5.74, 6) is 0. The van der Waals surface area contributed by atoms with Gasteiger partial charge in [-0.15, -0.1) is 0 Å². The zero-order valence-corrected chi connectivity index (χ0v) is 43.1. The average molecular weight is 985 g/mol. The van der Waals surface area contributed by atoms with Crippen LogP contribution in [0.4, 0.5) is 0 Å². The highest BCUT2D eigenvalue weighted by Gasteiger charge is 2.13. The highest BCUT2D eigenvalue weighted by molar-refractivity contribution is 6.58. The van der Waals surface area contributed by atoms with Gasteiger partial charge >= 0.3 is 7.12 Å². The van der Waals surface area contributed by atoms with Crippen LogP contribution in [0.1, 0.15) is 87.7 Å². The van der Waals surface area contributed by atoms with Crippen LogP contribution in [0.25, 0.3) is 22.3 Å². The van der Waals surface area contributed by atoms with Gasteiger partial charge in [0.1, 0.15) is 0 Å². The molecular formula is C67H73BO6. The summed E-state index contributed by atoms with van der Waals surface area (Å²) in [7, 11) is -1.47. The van der Waals surface area contributed by atoms with Crippen LogP contribution < -0.4 is 5.46 Å². The van der Waals surface area contributed by atoms with Gasteiger partial charge in [-0.25, -0.2) is 0 Å². The zero-order chi connectivity index (χ0) is 50.8. The third kappa shape index (κ3) is 18.5. The summed E-state index contributed by atoms with van der Waals surface area (Å²) in [6.07, 6.45) is 10.2. The molecule has 0 radical (unpaired) electrons. The van der Waals surface area contributed by atoms with Crippen molar-refractivity contribution in [2.24, 2.45) is 0 Å². The first-order valence-electron chi connectivity index (χ1n) is 26.8. The van der Waals surface area contributed by atoms with E-state index in [0.717, 1.165) is 70.6 Å². The van der Waals surface area contributed by atoms with Crippen molar-refractivity contribution in [1.82, 2.24) is 0 Å². The Balaban J connectivity index is 1.06. The van der Waals surface area contributed by atoms with Gasteiger partial charge in [0.15, 0.2) is 0 Å². The predicted molar refractivity (Wildman–Crippen MR) is 303 cm³/mol. The topological polar surface area (TPSA) is 77.4 Å². The predicted octanol–water partition coefficient (Wildman–Crippen LogP) is 13.5. The molecule has 8 rings (SSSR count). The molecule has 8 aromatic carbocycles. The van der Waals surface area contributed by atoms with E-state index in [0.29, 0.717) is 58.3 Å². The quantitative estimate of drug-likeness (QED) is 0.0333. The lowest BCUT2D eigenvalue weighted by atomic mass is 9.80. The lowest BCUT2D eigenvalue weighted by Gasteiger charge is -2.16. The number of hydrogen-bond acceptors (Lipinski definition) is 6. The van der Waals surface area contributed by atoms with Gasteiger partial charge in [-0.3, -0.25) is 0 Å². The average Bonchev–Trinajstić information content (AvgIpc) is 3.44. The Morgan fingerprint density at radius 3 is 0.838 bits per heavy atom. The fourth-order valence-corrected chi connectivity index (χ4v) is 9.53. The third-order valence-electron chi connectivity index (χ3n) is 13.4. The third-order valence-corrected chi connectivity index (χ3v) is 13.4. The molecule has 0 unspecified atom stereocenters. The summed E-state index contributed by atoms with van der Waals surface area (Å²) in [5, 5.41) is 19.4. The lowest BCUT2D eigenvalue weighted by Crippen LogP contribution is -2.29. The summed E-state index contributed by atoms with van der Waals surface area (Å²) in [4.78, 5) is 0. The highest BCUT2D eigenvalue weighted by atomic mass is 16.5. The first kappa shape index (κ1) is 53.9. The first-order chi connectivity index (χ1) is 36.5. The van der Waals surface area contributed by atoms with E-state index >= 15 is 0 Å². The van der Waals surface area contributed by atoms with Gasteiger partial charge in [0.2, 0.25) is 0 Å². The standard InChI is InChI=1S/C67H73BO6/c69-68(70)67-34-32-53(33-35-67)26-13-27-62-46-65(63-42-58(28-14-36-71-49-54-18-5-1-6-19-54)40-59(43-63)29-15-37-72-50-55-20-7-2-8-21-55)48-66(47-62)64-44-60(30-16-38-73-51-56-22-9-3-10-23-56)41-61(45-64)31-17-39-74-52-57-24-11-4-12-25-57/h1-12,18-25,32-35,40-48,69-70H,13-17,26-31,36-39,49-52H2. The Hall–Kier alpha value is -6.42. The highest BCUT2D eigenvalue weighted by Crippen LogP contribution is 2.33. The van der Waals surface area contributed by atoms with Crippen LogP contribution in [0, 0.1) is 0 Å². The number of hydrogen-bond donors (Lipinski definition) is 2. The second-order valence-corrected chi connectivity index (χ2v) is 19.5. The summed E-state index contributed by atoms with van der Waals surface area (Å²) in [6, 6.07) is 70.9. The van der Waals surface area contributed by atoms with Crippen molar-refractivity contribution in [2.45, 2.75) is 97.1 Å². The molecule has 74 heavy (non-hydrogen) atoms. The van der Waals surface area contributed by atoms with E-state index in [-0.39, 0.29) is 0 Å². The molecule has 2 N–H and O–H groups in total. The lowest BCUT2D eigenvalue weighted by molar-refractivity contribution is 0.118. The Labute approximate surface area is 441 Å². The molecular weight excluding hydrogens is 912 g/mol. The van der Waals surface area contributed by atoms with Crippen molar-refractivity contribution in [3.63, 3.8) is 0 Å². The molecule has 0 amide bonds. The molecule has 0 bridgehead atoms. The maximum Gasteiger partial charge on any atom is 0.488 e. The summed E-state index contributed by atoms with van der Waals surface area (Å²) in [6.45, 7) is 5.26. The summed E-state index contributed by atoms with van der Waals surface area (Å²) >= 11 is 0. The largest absolute Gasteiger partial charge is 0.488 e. The van der Waals surface area contributed by atoms with Crippen LogP contribution in [0.2, 0.25) is 0 Å². The molecule has 8 aromatic rings. The van der Waals surface area contributed by atoms with Crippen LogP contribution in [0.15, 0.2) is 200 Å². The molecule has 0 saturated heterocycles. The van der Waals surface area contributed by atoms with Gasteiger partial charge in [0.05, 0.1) is 26.4 Å². The second kappa shape index (κ2) is 30.1. The molecule has 7 heteroatoms. The molecule has 0 heterocycles. The van der Waals surface area contributed by atoms with Crippen molar-refractivity contribution < 1.29 is 29.0 Å². The van der Waals surface area contributed by atoms with Gasteiger partial charge in [0, 0.05) is 26.4 Å². The molecule has 0 aliphatic heterocycles. The van der Waals surface area contributed by atoms with E-state index < -0.39 is 7.12 Å². The smallest absolute Gasteiger partial charge is 0.423 e. The summed E-state index contributed by atoms with van der Waals surface area (Å²) < 4.78 is 24.6. The van der Waals surface area contributed by atoms with E-state index in [2.05, 4.69) is 152 Å². The molecule has 0 atom stereocenters. The normalized spacial score (nSPS) is 11.3. The van der Waals surface area contributed by atoms with Crippen molar-refractivity contribution in [3.05, 3.63) is 256 Å².